The van der Waals surface area contributed by atoms with Crippen LogP contribution in [0.25, 0.3) is 0 Å². The van der Waals surface area contributed by atoms with Gasteiger partial charge in [0, 0.05) is 19.3 Å². The van der Waals surface area contributed by atoms with Gasteiger partial charge >= 0.3 is 6.18 Å². The van der Waals surface area contributed by atoms with E-state index in [1.54, 1.807) is 0 Å². The van der Waals surface area contributed by atoms with E-state index in [1.807, 2.05) is 0 Å². The molecule has 1 N–H and O–H groups in total. The van der Waals surface area contributed by atoms with Crippen LogP contribution in [0, 0.1) is 11.8 Å². The van der Waals surface area contributed by atoms with E-state index >= 15 is 0 Å². The number of alkyl halides is 3. The highest BCUT2D eigenvalue weighted by atomic mass is 19.4. The van der Waals surface area contributed by atoms with E-state index in [1.165, 1.54) is 6.92 Å². The first-order valence-corrected chi connectivity index (χ1v) is 4.52. The predicted molar refractivity (Wildman–Crippen MR) is 52.6 cm³/mol. The van der Waals surface area contributed by atoms with Crippen LogP contribution in [-0.4, -0.2) is 22.4 Å². The number of nitrogens with zero attached hydrogens (tertiary/aromatic N) is 2. The fraction of sp³-hybridized carbons (Fsp3) is 0.300. The van der Waals surface area contributed by atoms with E-state index in [9.17, 15) is 18.0 Å². The number of hydrogen-bond acceptors (Lipinski definition) is 3. The van der Waals surface area contributed by atoms with Crippen molar-refractivity contribution in [3.05, 3.63) is 23.8 Å². The fourth-order valence-corrected chi connectivity index (χ4v) is 0.854. The average Bonchev–Trinajstić information content (AvgIpc) is 2.23. The molecule has 0 aliphatic rings. The molecule has 1 amide bonds. The van der Waals surface area contributed by atoms with E-state index in [2.05, 4.69) is 27.1 Å². The highest BCUT2D eigenvalue weighted by Crippen LogP contribution is 2.25. The minimum atomic E-state index is -4.55. The van der Waals surface area contributed by atoms with Crippen LogP contribution in [0.15, 0.2) is 12.4 Å². The third-order valence-corrected chi connectivity index (χ3v) is 1.56. The summed E-state index contributed by atoms with van der Waals surface area (Å²) in [6.07, 6.45) is -2.59. The van der Waals surface area contributed by atoms with Gasteiger partial charge in [-0.3, -0.25) is 4.79 Å². The van der Waals surface area contributed by atoms with Gasteiger partial charge in [0.05, 0.1) is 12.1 Å². The monoisotopic (exact) mass is 243 g/mol. The number of aromatic nitrogens is 2. The molecule has 17 heavy (non-hydrogen) atoms. The van der Waals surface area contributed by atoms with E-state index in [0.717, 1.165) is 12.4 Å². The van der Waals surface area contributed by atoms with Crippen molar-refractivity contribution in [2.24, 2.45) is 0 Å². The van der Waals surface area contributed by atoms with Gasteiger partial charge in [0.1, 0.15) is 0 Å². The molecule has 4 nitrogen and oxygen atoms in total. The minimum Gasteiger partial charge on any atom is -0.345 e. The van der Waals surface area contributed by atoms with Crippen molar-refractivity contribution in [2.45, 2.75) is 13.1 Å². The van der Waals surface area contributed by atoms with Crippen molar-refractivity contribution in [3.8, 4) is 11.8 Å². The lowest BCUT2D eigenvalue weighted by molar-refractivity contribution is -0.145. The maximum absolute atomic E-state index is 12.1. The van der Waals surface area contributed by atoms with Gasteiger partial charge in [-0.1, -0.05) is 11.8 Å². The molecule has 0 aliphatic heterocycles. The second-order valence-corrected chi connectivity index (χ2v) is 3.00. The van der Waals surface area contributed by atoms with Gasteiger partial charge < -0.3 is 5.32 Å². The molecule has 7 heteroatoms. The van der Waals surface area contributed by atoms with Crippen LogP contribution in [0.3, 0.4) is 0 Å². The van der Waals surface area contributed by atoms with Gasteiger partial charge in [-0.15, -0.1) is 0 Å². The number of hydrogen-bond donors (Lipinski definition) is 1. The Bertz CT molecular complexity index is 456. The first kappa shape index (κ1) is 13.0. The average molecular weight is 243 g/mol. The standard InChI is InChI=1S/C10H8F3N3O/c1-7(17)14-4-2-3-8-5-15-9(16-6-8)10(11,12)13/h5-6H,4H2,1H3,(H,14,17). The van der Waals surface area contributed by atoms with E-state index in [4.69, 9.17) is 0 Å². The molecule has 0 unspecified atom stereocenters. The van der Waals surface area contributed by atoms with Crippen molar-refractivity contribution in [2.75, 3.05) is 6.54 Å². The van der Waals surface area contributed by atoms with Gasteiger partial charge in [0.2, 0.25) is 11.7 Å². The Balaban J connectivity index is 2.66. The Morgan fingerprint density at radius 3 is 2.47 bits per heavy atom. The molecule has 0 fully saturated rings. The topological polar surface area (TPSA) is 54.9 Å². The zero-order valence-electron chi connectivity index (χ0n) is 8.80. The summed E-state index contributed by atoms with van der Waals surface area (Å²) in [5.41, 5.74) is 0.253. The molecule has 0 saturated carbocycles. The lowest BCUT2D eigenvalue weighted by Gasteiger charge is -2.02. The number of halogens is 3. The Kier molecular flexibility index (Phi) is 4.04. The largest absolute Gasteiger partial charge is 0.451 e. The zero-order valence-corrected chi connectivity index (χ0v) is 8.80. The van der Waals surface area contributed by atoms with Crippen LogP contribution in [0.4, 0.5) is 13.2 Å². The number of nitrogens with one attached hydrogen (secondary N) is 1. The molecule has 0 saturated heterocycles. The molecule has 0 aromatic carbocycles. The molecular weight excluding hydrogens is 235 g/mol. The summed E-state index contributed by atoms with van der Waals surface area (Å²) in [7, 11) is 0. The molecule has 90 valence electrons. The molecule has 0 spiro atoms. The zero-order chi connectivity index (χ0) is 12.9. The van der Waals surface area contributed by atoms with Crippen LogP contribution in [0.5, 0.6) is 0 Å². The molecule has 0 atom stereocenters. The van der Waals surface area contributed by atoms with Gasteiger partial charge in [-0.25, -0.2) is 9.97 Å². The van der Waals surface area contributed by atoms with E-state index in [-0.39, 0.29) is 18.0 Å². The number of carbonyl (C=O) groups excluding carboxylic acids is 1. The smallest absolute Gasteiger partial charge is 0.345 e. The minimum absolute atomic E-state index is 0.121. The Morgan fingerprint density at radius 1 is 1.41 bits per heavy atom. The normalized spacial score (nSPS) is 10.4. The van der Waals surface area contributed by atoms with Crippen molar-refractivity contribution in [3.63, 3.8) is 0 Å². The number of rotatable bonds is 1. The van der Waals surface area contributed by atoms with Crippen LogP contribution in [-0.2, 0) is 11.0 Å². The van der Waals surface area contributed by atoms with Gasteiger partial charge in [0.15, 0.2) is 0 Å². The lowest BCUT2D eigenvalue weighted by Crippen LogP contribution is -2.19. The van der Waals surface area contributed by atoms with Crippen LogP contribution < -0.4 is 5.32 Å². The van der Waals surface area contributed by atoms with Gasteiger partial charge in [-0.2, -0.15) is 13.2 Å². The van der Waals surface area contributed by atoms with Crippen molar-refractivity contribution in [1.82, 2.24) is 15.3 Å². The lowest BCUT2D eigenvalue weighted by atomic mass is 10.3. The third kappa shape index (κ3) is 4.51. The molecule has 0 aliphatic carbocycles. The molecule has 1 rings (SSSR count). The molecule has 0 radical (unpaired) electrons. The maximum Gasteiger partial charge on any atom is 0.451 e. The quantitative estimate of drug-likeness (QED) is 0.748. The highest BCUT2D eigenvalue weighted by Gasteiger charge is 2.34. The summed E-state index contributed by atoms with van der Waals surface area (Å²) in [6.45, 7) is 1.46. The van der Waals surface area contributed by atoms with Crippen LogP contribution in [0.1, 0.15) is 18.3 Å². The molecular formula is C10H8F3N3O. The van der Waals surface area contributed by atoms with Crippen molar-refractivity contribution in [1.29, 1.82) is 0 Å². The molecule has 0 bridgehead atoms. The predicted octanol–water partition coefficient (Wildman–Crippen LogP) is 0.983. The van der Waals surface area contributed by atoms with Crippen LogP contribution >= 0.6 is 0 Å². The Hall–Kier alpha value is -2.10. The SMILES string of the molecule is CC(=O)NCC#Cc1cnc(C(F)(F)F)nc1. The second kappa shape index (κ2) is 5.30. The first-order valence-electron chi connectivity index (χ1n) is 4.52. The summed E-state index contributed by atoms with van der Waals surface area (Å²) in [6, 6.07) is 0. The number of carbonyl (C=O) groups is 1. The van der Waals surface area contributed by atoms with E-state index < -0.39 is 12.0 Å². The molecule has 1 aromatic heterocycles. The van der Waals surface area contributed by atoms with Crippen molar-refractivity contribution < 1.29 is 18.0 Å². The highest BCUT2D eigenvalue weighted by molar-refractivity contribution is 5.73. The summed E-state index contributed by atoms with van der Waals surface area (Å²) >= 11 is 0. The molecule has 1 aromatic rings. The second-order valence-electron chi connectivity index (χ2n) is 3.00. The summed E-state index contributed by atoms with van der Waals surface area (Å²) < 4.78 is 36.3. The van der Waals surface area contributed by atoms with Crippen molar-refractivity contribution >= 4 is 5.91 Å². The first-order chi connectivity index (χ1) is 7.89. The fourth-order valence-electron chi connectivity index (χ4n) is 0.854. The summed E-state index contributed by atoms with van der Waals surface area (Å²) in [5.74, 6) is 3.63. The van der Waals surface area contributed by atoms with Crippen LogP contribution in [0.2, 0.25) is 0 Å². The van der Waals surface area contributed by atoms with E-state index in [0.29, 0.717) is 0 Å². The Morgan fingerprint density at radius 2 is 2.00 bits per heavy atom. The molecule has 1 heterocycles. The third-order valence-electron chi connectivity index (χ3n) is 1.56. The summed E-state index contributed by atoms with van der Waals surface area (Å²) in [5, 5.41) is 2.42. The summed E-state index contributed by atoms with van der Waals surface area (Å²) in [4.78, 5) is 16.8. The maximum atomic E-state index is 12.1. The Labute approximate surface area is 95.3 Å². The van der Waals surface area contributed by atoms with Gasteiger partial charge in [0.25, 0.3) is 0 Å². The van der Waals surface area contributed by atoms with Gasteiger partial charge in [-0.05, 0) is 0 Å². The number of amides is 1.